The lowest BCUT2D eigenvalue weighted by molar-refractivity contribution is 0.100. The van der Waals surface area contributed by atoms with Crippen molar-refractivity contribution in [3.63, 3.8) is 0 Å². The summed E-state index contributed by atoms with van der Waals surface area (Å²) in [7, 11) is 1.85. The van der Waals surface area contributed by atoms with E-state index in [2.05, 4.69) is 25.4 Å². The van der Waals surface area contributed by atoms with E-state index in [1.807, 2.05) is 13.1 Å². The summed E-state index contributed by atoms with van der Waals surface area (Å²) >= 11 is 2.93. The number of thiophene rings is 1. The van der Waals surface area contributed by atoms with E-state index in [1.54, 1.807) is 22.6 Å². The summed E-state index contributed by atoms with van der Waals surface area (Å²) in [5.74, 6) is 0.954. The number of carbonyl (C=O) groups excluding carboxylic acids is 1. The predicted molar refractivity (Wildman–Crippen MR) is 107 cm³/mol. The molecule has 4 heterocycles. The number of amides is 1. The molecule has 11 heteroatoms. The van der Waals surface area contributed by atoms with Gasteiger partial charge in [0.15, 0.2) is 0 Å². The molecule has 1 saturated heterocycles. The van der Waals surface area contributed by atoms with E-state index in [0.29, 0.717) is 16.5 Å². The Hall–Kier alpha value is -2.40. The second kappa shape index (κ2) is 7.31. The van der Waals surface area contributed by atoms with Crippen molar-refractivity contribution in [1.29, 1.82) is 0 Å². The third-order valence-electron chi connectivity index (χ3n) is 4.72. The average Bonchev–Trinajstić information content (AvgIpc) is 3.23. The Morgan fingerprint density at radius 1 is 1.48 bits per heavy atom. The van der Waals surface area contributed by atoms with Gasteiger partial charge in [-0.1, -0.05) is 11.8 Å². The molecule has 1 atom stereocenters. The minimum atomic E-state index is -0.508. The molecule has 0 bridgehead atoms. The zero-order valence-electron chi connectivity index (χ0n) is 14.8. The van der Waals surface area contributed by atoms with E-state index in [1.165, 1.54) is 11.3 Å². The number of hydrogen-bond donors (Lipinski definition) is 2. The first-order valence-corrected chi connectivity index (χ1v) is 10.4. The Morgan fingerprint density at radius 3 is 3.07 bits per heavy atom. The summed E-state index contributed by atoms with van der Waals surface area (Å²) in [4.78, 5) is 19.5. The standard InChI is InChI=1S/C16H20N8OS2/c1-23-16(20-21-22-23)26-8-9-3-2-6-24(7-9)10-4-5-19-15-11(10)12(17)13(27-15)14(18)25/h4-5,9H,2-3,6-8,17H2,1H3,(H2,18,25). The molecule has 0 aliphatic carbocycles. The zero-order chi connectivity index (χ0) is 19.0. The van der Waals surface area contributed by atoms with Crippen LogP contribution in [0.15, 0.2) is 17.4 Å². The Balaban J connectivity index is 1.56. The van der Waals surface area contributed by atoms with Crippen molar-refractivity contribution in [3.05, 3.63) is 17.1 Å². The summed E-state index contributed by atoms with van der Waals surface area (Å²) in [5, 5.41) is 13.2. The highest BCUT2D eigenvalue weighted by Crippen LogP contribution is 2.39. The van der Waals surface area contributed by atoms with Crippen LogP contribution in [-0.2, 0) is 7.05 Å². The minimum absolute atomic E-state index is 0.379. The van der Waals surface area contributed by atoms with Crippen LogP contribution in [0, 0.1) is 5.92 Å². The molecule has 1 aliphatic heterocycles. The predicted octanol–water partition coefficient (Wildman–Crippen LogP) is 1.51. The third-order valence-corrected chi connectivity index (χ3v) is 7.09. The molecule has 27 heavy (non-hydrogen) atoms. The Labute approximate surface area is 164 Å². The van der Waals surface area contributed by atoms with Crippen LogP contribution in [0.3, 0.4) is 0 Å². The molecular formula is C16H20N8OS2. The number of primary amides is 1. The molecule has 1 amide bonds. The Morgan fingerprint density at radius 2 is 2.33 bits per heavy atom. The number of piperidine rings is 1. The van der Waals surface area contributed by atoms with Gasteiger partial charge in [0.05, 0.1) is 16.8 Å². The first-order chi connectivity index (χ1) is 13.0. The van der Waals surface area contributed by atoms with E-state index in [4.69, 9.17) is 11.5 Å². The number of anilines is 2. The molecule has 4 N–H and O–H groups in total. The molecule has 9 nitrogen and oxygen atoms in total. The fourth-order valence-electron chi connectivity index (χ4n) is 3.43. The lowest BCUT2D eigenvalue weighted by atomic mass is 9.99. The van der Waals surface area contributed by atoms with Gasteiger partial charge in [0.2, 0.25) is 5.16 Å². The maximum atomic E-state index is 11.6. The van der Waals surface area contributed by atoms with Crippen molar-refractivity contribution in [3.8, 4) is 0 Å². The number of nitrogens with zero attached hydrogens (tertiary/aromatic N) is 6. The number of tetrazole rings is 1. The smallest absolute Gasteiger partial charge is 0.260 e. The van der Waals surface area contributed by atoms with Crippen LogP contribution in [0.5, 0.6) is 0 Å². The number of thioether (sulfide) groups is 1. The van der Waals surface area contributed by atoms with Gasteiger partial charge in [-0.05, 0) is 35.3 Å². The quantitative estimate of drug-likeness (QED) is 0.612. The molecule has 0 spiro atoms. The van der Waals surface area contributed by atoms with Crippen LogP contribution in [0.4, 0.5) is 11.4 Å². The zero-order valence-corrected chi connectivity index (χ0v) is 16.5. The number of carbonyl (C=O) groups is 1. The lowest BCUT2D eigenvalue weighted by Crippen LogP contribution is -2.36. The fraction of sp³-hybridized carbons (Fsp3) is 0.438. The van der Waals surface area contributed by atoms with Crippen LogP contribution in [-0.4, -0.2) is 49.9 Å². The maximum absolute atomic E-state index is 11.6. The van der Waals surface area contributed by atoms with Gasteiger partial charge in [-0.2, -0.15) is 0 Å². The summed E-state index contributed by atoms with van der Waals surface area (Å²) in [6.45, 7) is 1.87. The SMILES string of the molecule is Cn1nnnc1SCC1CCCN(c2ccnc3sc(C(N)=O)c(N)c23)C1. The van der Waals surface area contributed by atoms with Gasteiger partial charge in [0.1, 0.15) is 9.71 Å². The van der Waals surface area contributed by atoms with Crippen LogP contribution in [0.1, 0.15) is 22.5 Å². The van der Waals surface area contributed by atoms with E-state index in [0.717, 1.165) is 52.7 Å². The fourth-order valence-corrected chi connectivity index (χ4v) is 5.34. The summed E-state index contributed by atoms with van der Waals surface area (Å²) in [6.07, 6.45) is 4.02. The van der Waals surface area contributed by atoms with Crippen molar-refractivity contribution in [2.24, 2.45) is 18.7 Å². The lowest BCUT2D eigenvalue weighted by Gasteiger charge is -2.34. The van der Waals surface area contributed by atoms with Crippen LogP contribution in [0.25, 0.3) is 10.2 Å². The van der Waals surface area contributed by atoms with Gasteiger partial charge < -0.3 is 16.4 Å². The highest BCUT2D eigenvalue weighted by molar-refractivity contribution is 7.99. The highest BCUT2D eigenvalue weighted by Gasteiger charge is 2.25. The number of aryl methyl sites for hydroxylation is 1. The Bertz CT molecular complexity index is 984. The third kappa shape index (κ3) is 3.44. The molecule has 0 aromatic carbocycles. The number of pyridine rings is 1. The van der Waals surface area contributed by atoms with Gasteiger partial charge in [-0.25, -0.2) is 9.67 Å². The van der Waals surface area contributed by atoms with E-state index >= 15 is 0 Å². The molecule has 3 aromatic heterocycles. The van der Waals surface area contributed by atoms with Crippen LogP contribution in [0.2, 0.25) is 0 Å². The van der Waals surface area contributed by atoms with Crippen molar-refractivity contribution < 1.29 is 4.79 Å². The van der Waals surface area contributed by atoms with Gasteiger partial charge in [-0.15, -0.1) is 16.4 Å². The monoisotopic (exact) mass is 404 g/mol. The number of nitrogens with two attached hydrogens (primary N) is 2. The molecule has 3 aromatic rings. The van der Waals surface area contributed by atoms with Gasteiger partial charge >= 0.3 is 0 Å². The summed E-state index contributed by atoms with van der Waals surface area (Å²) < 4.78 is 1.69. The molecule has 0 radical (unpaired) electrons. The van der Waals surface area contributed by atoms with Crippen molar-refractivity contribution in [2.75, 3.05) is 29.5 Å². The van der Waals surface area contributed by atoms with Gasteiger partial charge in [-0.3, -0.25) is 4.79 Å². The Kier molecular flexibility index (Phi) is 4.87. The molecule has 1 unspecified atom stereocenters. The number of hydrogen-bond acceptors (Lipinski definition) is 9. The molecule has 4 rings (SSSR count). The molecule has 0 saturated carbocycles. The van der Waals surface area contributed by atoms with Crippen molar-refractivity contribution in [2.45, 2.75) is 18.0 Å². The summed E-state index contributed by atoms with van der Waals surface area (Å²) in [5.41, 5.74) is 13.2. The highest BCUT2D eigenvalue weighted by atomic mass is 32.2. The van der Waals surface area contributed by atoms with Crippen molar-refractivity contribution >= 4 is 50.6 Å². The topological polar surface area (TPSA) is 129 Å². The first-order valence-electron chi connectivity index (χ1n) is 8.61. The van der Waals surface area contributed by atoms with E-state index in [-0.39, 0.29) is 0 Å². The van der Waals surface area contributed by atoms with Gasteiger partial charge in [0.25, 0.3) is 5.91 Å². The number of rotatable bonds is 5. The normalized spacial score (nSPS) is 17.5. The first kappa shape index (κ1) is 18.0. The number of aromatic nitrogens is 5. The number of nitrogen functional groups attached to an aromatic ring is 1. The second-order valence-electron chi connectivity index (χ2n) is 6.57. The number of fused-ring (bicyclic) bond motifs is 1. The minimum Gasteiger partial charge on any atom is -0.397 e. The van der Waals surface area contributed by atoms with Crippen LogP contribution >= 0.6 is 23.1 Å². The average molecular weight is 405 g/mol. The van der Waals surface area contributed by atoms with Crippen LogP contribution < -0.4 is 16.4 Å². The second-order valence-corrected chi connectivity index (χ2v) is 8.56. The van der Waals surface area contributed by atoms with E-state index < -0.39 is 5.91 Å². The molecule has 1 aliphatic rings. The molecule has 1 fully saturated rings. The van der Waals surface area contributed by atoms with E-state index in [9.17, 15) is 4.79 Å². The van der Waals surface area contributed by atoms with Crippen molar-refractivity contribution in [1.82, 2.24) is 25.2 Å². The molecular weight excluding hydrogens is 384 g/mol. The summed E-state index contributed by atoms with van der Waals surface area (Å²) in [6, 6.07) is 1.97. The maximum Gasteiger partial charge on any atom is 0.260 e. The largest absolute Gasteiger partial charge is 0.397 e. The molecule has 142 valence electrons. The van der Waals surface area contributed by atoms with Gasteiger partial charge in [0, 0.05) is 32.1 Å².